The minimum atomic E-state index is 0.637. The standard InChI is InChI=1S/C13H21ClN4/c1-17(2)13-15-9-7-12(16-13)18(10-4-8-14)11-5-3-6-11/h7,9,11H,3-6,8,10H2,1-2H3. The molecule has 1 aliphatic carbocycles. The molecule has 0 aromatic carbocycles. The Hall–Kier alpha value is -1.03. The SMILES string of the molecule is CN(C)c1nccc(N(CCCCl)C2CCC2)n1. The van der Waals surface area contributed by atoms with Crippen molar-refractivity contribution in [2.24, 2.45) is 0 Å². The van der Waals surface area contributed by atoms with Gasteiger partial charge in [0.25, 0.3) is 0 Å². The van der Waals surface area contributed by atoms with E-state index in [1.54, 1.807) is 0 Å². The maximum Gasteiger partial charge on any atom is 0.226 e. The van der Waals surface area contributed by atoms with Crippen LogP contribution in [0.5, 0.6) is 0 Å². The Balaban J connectivity index is 2.15. The number of aromatic nitrogens is 2. The van der Waals surface area contributed by atoms with Crippen molar-refractivity contribution in [3.63, 3.8) is 0 Å². The molecule has 0 unspecified atom stereocenters. The first-order chi connectivity index (χ1) is 8.72. The second kappa shape index (κ2) is 6.23. The molecule has 2 rings (SSSR count). The van der Waals surface area contributed by atoms with E-state index in [9.17, 15) is 0 Å². The van der Waals surface area contributed by atoms with E-state index in [0.717, 1.165) is 24.7 Å². The van der Waals surface area contributed by atoms with Gasteiger partial charge >= 0.3 is 0 Å². The zero-order valence-electron chi connectivity index (χ0n) is 11.1. The average Bonchev–Trinajstić information content (AvgIpc) is 2.32. The predicted molar refractivity (Wildman–Crippen MR) is 76.7 cm³/mol. The molecular formula is C13H21ClN4. The van der Waals surface area contributed by atoms with Crippen molar-refractivity contribution in [2.45, 2.75) is 31.7 Å². The van der Waals surface area contributed by atoms with Gasteiger partial charge in [-0.25, -0.2) is 4.98 Å². The molecule has 0 spiro atoms. The molecule has 5 heteroatoms. The molecule has 1 aromatic rings. The summed E-state index contributed by atoms with van der Waals surface area (Å²) in [5.74, 6) is 2.50. The monoisotopic (exact) mass is 268 g/mol. The number of hydrogen-bond acceptors (Lipinski definition) is 4. The van der Waals surface area contributed by atoms with Crippen LogP contribution in [0.25, 0.3) is 0 Å². The molecule has 1 saturated carbocycles. The van der Waals surface area contributed by atoms with Crippen molar-refractivity contribution in [3.8, 4) is 0 Å². The quantitative estimate of drug-likeness (QED) is 0.742. The van der Waals surface area contributed by atoms with Gasteiger partial charge in [0.15, 0.2) is 0 Å². The minimum Gasteiger partial charge on any atom is -0.353 e. The van der Waals surface area contributed by atoms with E-state index in [1.807, 2.05) is 31.3 Å². The Labute approximate surface area is 114 Å². The molecule has 0 amide bonds. The Morgan fingerprint density at radius 2 is 2.17 bits per heavy atom. The first kappa shape index (κ1) is 13.4. The van der Waals surface area contributed by atoms with Crippen LogP contribution in [0.15, 0.2) is 12.3 Å². The summed E-state index contributed by atoms with van der Waals surface area (Å²) >= 11 is 5.81. The Morgan fingerprint density at radius 1 is 1.39 bits per heavy atom. The molecule has 0 N–H and O–H groups in total. The number of nitrogens with zero attached hydrogens (tertiary/aromatic N) is 4. The largest absolute Gasteiger partial charge is 0.353 e. The normalized spacial score (nSPS) is 15.3. The van der Waals surface area contributed by atoms with Gasteiger partial charge in [0.1, 0.15) is 5.82 Å². The van der Waals surface area contributed by atoms with Crippen molar-refractivity contribution < 1.29 is 0 Å². The third-order valence-electron chi connectivity index (χ3n) is 3.37. The first-order valence-corrected chi connectivity index (χ1v) is 7.09. The van der Waals surface area contributed by atoms with E-state index >= 15 is 0 Å². The smallest absolute Gasteiger partial charge is 0.226 e. The van der Waals surface area contributed by atoms with Crippen LogP contribution in [0.4, 0.5) is 11.8 Å². The van der Waals surface area contributed by atoms with Crippen LogP contribution in [0.2, 0.25) is 0 Å². The number of hydrogen-bond donors (Lipinski definition) is 0. The fourth-order valence-corrected chi connectivity index (χ4v) is 2.25. The highest BCUT2D eigenvalue weighted by Gasteiger charge is 2.25. The average molecular weight is 269 g/mol. The van der Waals surface area contributed by atoms with Crippen LogP contribution in [0.1, 0.15) is 25.7 Å². The molecule has 0 radical (unpaired) electrons. The summed E-state index contributed by atoms with van der Waals surface area (Å²) in [6.45, 7) is 0.984. The minimum absolute atomic E-state index is 0.637. The predicted octanol–water partition coefficient (Wildman–Crippen LogP) is 2.53. The van der Waals surface area contributed by atoms with Crippen LogP contribution in [0.3, 0.4) is 0 Å². The van der Waals surface area contributed by atoms with Crippen LogP contribution >= 0.6 is 11.6 Å². The second-order valence-electron chi connectivity index (χ2n) is 4.93. The maximum absolute atomic E-state index is 5.81. The van der Waals surface area contributed by atoms with Gasteiger partial charge in [-0.3, -0.25) is 0 Å². The lowest BCUT2D eigenvalue weighted by molar-refractivity contribution is 0.384. The molecule has 0 aliphatic heterocycles. The summed E-state index contributed by atoms with van der Waals surface area (Å²) < 4.78 is 0. The Bertz CT molecular complexity index is 379. The Kier molecular flexibility index (Phi) is 4.64. The lowest BCUT2D eigenvalue weighted by Crippen LogP contribution is -2.41. The number of alkyl halides is 1. The number of anilines is 2. The van der Waals surface area contributed by atoms with Crippen molar-refractivity contribution in [2.75, 3.05) is 36.3 Å². The van der Waals surface area contributed by atoms with Gasteiger partial charge in [-0.05, 0) is 31.7 Å². The van der Waals surface area contributed by atoms with Crippen molar-refractivity contribution >= 4 is 23.4 Å². The summed E-state index contributed by atoms with van der Waals surface area (Å²) in [5, 5.41) is 0. The molecule has 1 heterocycles. The van der Waals surface area contributed by atoms with E-state index in [-0.39, 0.29) is 0 Å². The van der Waals surface area contributed by atoms with E-state index in [4.69, 9.17) is 11.6 Å². The first-order valence-electron chi connectivity index (χ1n) is 6.55. The molecule has 1 aromatic heterocycles. The molecule has 0 saturated heterocycles. The molecule has 0 bridgehead atoms. The molecular weight excluding hydrogens is 248 g/mol. The van der Waals surface area contributed by atoms with E-state index < -0.39 is 0 Å². The summed E-state index contributed by atoms with van der Waals surface area (Å²) in [7, 11) is 3.93. The highest BCUT2D eigenvalue weighted by atomic mass is 35.5. The van der Waals surface area contributed by atoms with Gasteiger partial charge in [0.2, 0.25) is 5.95 Å². The van der Waals surface area contributed by atoms with Gasteiger partial charge in [-0.15, -0.1) is 11.6 Å². The van der Waals surface area contributed by atoms with Crippen molar-refractivity contribution in [1.29, 1.82) is 0 Å². The van der Waals surface area contributed by atoms with E-state index in [0.29, 0.717) is 11.9 Å². The van der Waals surface area contributed by atoms with Crippen LogP contribution in [-0.4, -0.2) is 42.5 Å². The van der Waals surface area contributed by atoms with Crippen molar-refractivity contribution in [3.05, 3.63) is 12.3 Å². The van der Waals surface area contributed by atoms with Crippen LogP contribution in [0, 0.1) is 0 Å². The number of rotatable bonds is 6. The van der Waals surface area contributed by atoms with Gasteiger partial charge in [0, 0.05) is 38.8 Å². The summed E-state index contributed by atoms with van der Waals surface area (Å²) in [6.07, 6.45) is 6.70. The molecule has 4 nitrogen and oxygen atoms in total. The zero-order valence-corrected chi connectivity index (χ0v) is 11.9. The van der Waals surface area contributed by atoms with Gasteiger partial charge in [0.05, 0.1) is 0 Å². The second-order valence-corrected chi connectivity index (χ2v) is 5.31. The molecule has 0 atom stereocenters. The summed E-state index contributed by atoms with van der Waals surface area (Å²) in [6, 6.07) is 2.64. The molecule has 18 heavy (non-hydrogen) atoms. The fraction of sp³-hybridized carbons (Fsp3) is 0.692. The highest BCUT2D eigenvalue weighted by Crippen LogP contribution is 2.29. The van der Waals surface area contributed by atoms with Crippen molar-refractivity contribution in [1.82, 2.24) is 9.97 Å². The summed E-state index contributed by atoms with van der Waals surface area (Å²) in [4.78, 5) is 13.2. The van der Waals surface area contributed by atoms with Crippen LogP contribution < -0.4 is 9.80 Å². The maximum atomic E-state index is 5.81. The molecule has 100 valence electrons. The topological polar surface area (TPSA) is 32.3 Å². The van der Waals surface area contributed by atoms with E-state index in [2.05, 4.69) is 14.9 Å². The van der Waals surface area contributed by atoms with Crippen LogP contribution in [-0.2, 0) is 0 Å². The third kappa shape index (κ3) is 3.05. The van der Waals surface area contributed by atoms with Gasteiger partial charge < -0.3 is 9.80 Å². The van der Waals surface area contributed by atoms with Gasteiger partial charge in [-0.1, -0.05) is 0 Å². The van der Waals surface area contributed by atoms with Gasteiger partial charge in [-0.2, -0.15) is 4.98 Å². The zero-order chi connectivity index (χ0) is 13.0. The molecule has 1 fully saturated rings. The third-order valence-corrected chi connectivity index (χ3v) is 3.64. The Morgan fingerprint density at radius 3 is 2.72 bits per heavy atom. The summed E-state index contributed by atoms with van der Waals surface area (Å²) in [5.41, 5.74) is 0. The fourth-order valence-electron chi connectivity index (χ4n) is 2.13. The highest BCUT2D eigenvalue weighted by molar-refractivity contribution is 6.17. The van der Waals surface area contributed by atoms with E-state index in [1.165, 1.54) is 19.3 Å². The lowest BCUT2D eigenvalue weighted by atomic mass is 9.91. The lowest BCUT2D eigenvalue weighted by Gasteiger charge is -2.38. The number of halogens is 1. The molecule has 1 aliphatic rings.